The molecule has 0 aliphatic heterocycles. The zero-order valence-corrected chi connectivity index (χ0v) is 7.06. The van der Waals surface area contributed by atoms with Crippen LogP contribution >= 0.6 is 10.7 Å². The second kappa shape index (κ2) is 5.45. The van der Waals surface area contributed by atoms with E-state index in [1.54, 1.807) is 14.1 Å². The zero-order chi connectivity index (χ0) is 8.78. The third-order valence-electron chi connectivity index (χ3n) is 0.211. The van der Waals surface area contributed by atoms with Crippen molar-refractivity contribution in [2.45, 2.75) is 0 Å². The summed E-state index contributed by atoms with van der Waals surface area (Å²) in [5.41, 5.74) is 0. The number of hydrogen-bond acceptors (Lipinski definition) is 3. The number of hydrogen-bond donors (Lipinski definition) is 1. The van der Waals surface area contributed by atoms with Crippen LogP contribution in [0.2, 0.25) is 0 Å². The summed E-state index contributed by atoms with van der Waals surface area (Å²) >= 11 is 0. The van der Waals surface area contributed by atoms with Crippen LogP contribution in [0, 0.1) is 0 Å². The van der Waals surface area contributed by atoms with Gasteiger partial charge in [-0.15, -0.1) is 0 Å². The summed E-state index contributed by atoms with van der Waals surface area (Å²) in [7, 11) is 3.24. The molecule has 5 nitrogen and oxygen atoms in total. The van der Waals surface area contributed by atoms with E-state index in [9.17, 15) is 4.79 Å². The van der Waals surface area contributed by atoms with Crippen LogP contribution in [0.25, 0.3) is 0 Å². The van der Waals surface area contributed by atoms with Crippen molar-refractivity contribution in [1.82, 2.24) is 4.90 Å². The van der Waals surface area contributed by atoms with E-state index in [2.05, 4.69) is 10.7 Å². The molecule has 0 rings (SSSR count). The van der Waals surface area contributed by atoms with Crippen molar-refractivity contribution >= 4 is 26.4 Å². The van der Waals surface area contributed by atoms with E-state index >= 15 is 0 Å². The third kappa shape index (κ3) is 122. The lowest BCUT2D eigenvalue weighted by Gasteiger charge is -1.93. The number of carbonyl (C=O) groups excluding carboxylic acids is 1. The molecular formula is C3H8ClNO4S. The average Bonchev–Trinajstić information content (AvgIpc) is 1.61. The highest BCUT2D eigenvalue weighted by atomic mass is 35.7. The highest BCUT2D eigenvalue weighted by Crippen LogP contribution is 1.82. The van der Waals surface area contributed by atoms with Crippen LogP contribution in [0.5, 0.6) is 0 Å². The summed E-state index contributed by atoms with van der Waals surface area (Å²) in [5.74, 6) is 0. The van der Waals surface area contributed by atoms with Crippen LogP contribution in [0.15, 0.2) is 0 Å². The van der Waals surface area contributed by atoms with Crippen molar-refractivity contribution in [2.24, 2.45) is 0 Å². The number of carbonyl (C=O) groups is 1. The minimum absolute atomic E-state index is 0.750. The molecule has 0 atom stereocenters. The molecule has 0 fully saturated rings. The highest BCUT2D eigenvalue weighted by molar-refractivity contribution is 8.09. The summed E-state index contributed by atoms with van der Waals surface area (Å²) in [6.45, 7) is 0. The van der Waals surface area contributed by atoms with Gasteiger partial charge in [0.25, 0.3) is 0 Å². The maximum absolute atomic E-state index is 9.43. The molecule has 7 heteroatoms. The van der Waals surface area contributed by atoms with Gasteiger partial charge in [-0.3, -0.25) is 9.35 Å². The van der Waals surface area contributed by atoms with Crippen molar-refractivity contribution in [3.63, 3.8) is 0 Å². The van der Waals surface area contributed by atoms with Gasteiger partial charge in [-0.25, -0.2) is 0 Å². The normalized spacial score (nSPS) is 9.20. The van der Waals surface area contributed by atoms with Crippen molar-refractivity contribution in [3.8, 4) is 0 Å². The first-order valence-electron chi connectivity index (χ1n) is 2.06. The molecule has 0 aromatic carbocycles. The van der Waals surface area contributed by atoms with Crippen LogP contribution in [0.1, 0.15) is 0 Å². The Morgan fingerprint density at radius 1 is 1.50 bits per heavy atom. The fourth-order valence-corrected chi connectivity index (χ4v) is 0. The lowest BCUT2D eigenvalue weighted by atomic mass is 11.0. The van der Waals surface area contributed by atoms with Gasteiger partial charge in [0.1, 0.15) is 0 Å². The van der Waals surface area contributed by atoms with Crippen LogP contribution in [-0.2, 0) is 14.1 Å². The number of nitrogens with zero attached hydrogens (tertiary/aromatic N) is 1. The van der Waals surface area contributed by atoms with E-state index in [-0.39, 0.29) is 0 Å². The van der Waals surface area contributed by atoms with Gasteiger partial charge >= 0.3 is 9.33 Å². The summed E-state index contributed by atoms with van der Waals surface area (Å²) in [5, 5.41) is 0. The molecular weight excluding hydrogens is 182 g/mol. The molecule has 0 radical (unpaired) electrons. The lowest BCUT2D eigenvalue weighted by molar-refractivity contribution is -0.115. The van der Waals surface area contributed by atoms with E-state index in [1.165, 1.54) is 4.90 Å². The molecule has 1 amide bonds. The molecule has 0 aromatic rings. The van der Waals surface area contributed by atoms with Crippen molar-refractivity contribution < 1.29 is 17.8 Å². The van der Waals surface area contributed by atoms with Gasteiger partial charge in [-0.2, -0.15) is 8.42 Å². The van der Waals surface area contributed by atoms with Crippen LogP contribution in [0.3, 0.4) is 0 Å². The highest BCUT2D eigenvalue weighted by Gasteiger charge is 1.86. The topological polar surface area (TPSA) is 74.7 Å². The van der Waals surface area contributed by atoms with Crippen molar-refractivity contribution in [3.05, 3.63) is 0 Å². The van der Waals surface area contributed by atoms with E-state index in [0.29, 0.717) is 0 Å². The Bertz CT molecular complexity index is 167. The Morgan fingerprint density at radius 2 is 1.60 bits per heavy atom. The second-order valence-electron chi connectivity index (χ2n) is 1.48. The van der Waals surface area contributed by atoms with Gasteiger partial charge in [0, 0.05) is 24.8 Å². The first-order valence-corrected chi connectivity index (χ1v) is 4.32. The minimum atomic E-state index is -4.19. The standard InChI is InChI=1S/C3H7NO.ClHO3S/c1-4(2)3-5;1-5(2,3)4/h3H,1-2H3;(H,2,3,4). The van der Waals surface area contributed by atoms with E-state index in [0.717, 1.165) is 6.41 Å². The predicted molar refractivity (Wildman–Crippen MR) is 37.2 cm³/mol. The second-order valence-corrected chi connectivity index (χ2v) is 3.48. The molecule has 0 saturated heterocycles. The molecule has 0 aromatic heterocycles. The van der Waals surface area contributed by atoms with Gasteiger partial charge in [0.15, 0.2) is 0 Å². The van der Waals surface area contributed by atoms with E-state index in [4.69, 9.17) is 13.0 Å². The van der Waals surface area contributed by atoms with Crippen LogP contribution in [-0.4, -0.2) is 38.4 Å². The quantitative estimate of drug-likeness (QED) is 0.350. The predicted octanol–water partition coefficient (Wildman–Crippen LogP) is -0.268. The minimum Gasteiger partial charge on any atom is -0.351 e. The Morgan fingerprint density at radius 3 is 1.60 bits per heavy atom. The molecule has 0 saturated carbocycles. The van der Waals surface area contributed by atoms with Crippen molar-refractivity contribution in [2.75, 3.05) is 14.1 Å². The fraction of sp³-hybridized carbons (Fsp3) is 0.667. The van der Waals surface area contributed by atoms with Crippen molar-refractivity contribution in [1.29, 1.82) is 0 Å². The fourth-order valence-electron chi connectivity index (χ4n) is 0. The zero-order valence-electron chi connectivity index (χ0n) is 5.48. The molecule has 0 bridgehead atoms. The molecule has 10 heavy (non-hydrogen) atoms. The molecule has 0 aliphatic carbocycles. The van der Waals surface area contributed by atoms with Gasteiger partial charge in [0.2, 0.25) is 6.41 Å². The maximum atomic E-state index is 9.43. The number of rotatable bonds is 1. The Labute approximate surface area is 63.8 Å². The first-order chi connectivity index (χ1) is 4.27. The maximum Gasteiger partial charge on any atom is 0.353 e. The van der Waals surface area contributed by atoms with E-state index < -0.39 is 9.33 Å². The Kier molecular flexibility index (Phi) is 6.74. The summed E-state index contributed by atoms with van der Waals surface area (Å²) in [6.07, 6.45) is 0.750. The number of halogens is 1. The van der Waals surface area contributed by atoms with Gasteiger partial charge in [-0.1, -0.05) is 0 Å². The largest absolute Gasteiger partial charge is 0.353 e. The molecule has 0 unspecified atom stereocenters. The third-order valence-corrected chi connectivity index (χ3v) is 0.211. The monoisotopic (exact) mass is 189 g/mol. The first kappa shape index (κ1) is 12.4. The van der Waals surface area contributed by atoms with Crippen LogP contribution in [0.4, 0.5) is 0 Å². The molecule has 62 valence electrons. The molecule has 0 aliphatic rings. The SMILES string of the molecule is CN(C)C=O.O=S(=O)(O)Cl. The molecule has 0 spiro atoms. The number of amides is 1. The van der Waals surface area contributed by atoms with Gasteiger partial charge in [-0.05, 0) is 0 Å². The average molecular weight is 190 g/mol. The summed E-state index contributed by atoms with van der Waals surface area (Å²) in [6, 6.07) is 0. The summed E-state index contributed by atoms with van der Waals surface area (Å²) < 4.78 is 25.2. The summed E-state index contributed by atoms with van der Waals surface area (Å²) in [4.78, 5) is 10.9. The lowest BCUT2D eigenvalue weighted by Crippen LogP contribution is -2.06. The molecule has 0 heterocycles. The van der Waals surface area contributed by atoms with Gasteiger partial charge in [0.05, 0.1) is 0 Å². The van der Waals surface area contributed by atoms with Crippen LogP contribution < -0.4 is 0 Å². The Hall–Kier alpha value is -0.330. The molecule has 1 N–H and O–H groups in total. The Balaban J connectivity index is 0. The smallest absolute Gasteiger partial charge is 0.351 e. The van der Waals surface area contributed by atoms with E-state index in [1.807, 2.05) is 0 Å². The van der Waals surface area contributed by atoms with Gasteiger partial charge < -0.3 is 4.90 Å².